The van der Waals surface area contributed by atoms with E-state index in [1.54, 1.807) is 11.3 Å². The highest BCUT2D eigenvalue weighted by Crippen LogP contribution is 2.23. The molecule has 0 radical (unpaired) electrons. The van der Waals surface area contributed by atoms with Crippen molar-refractivity contribution in [2.75, 3.05) is 13.6 Å². The molecule has 1 aromatic heterocycles. The third kappa shape index (κ3) is 4.45. The Bertz CT molecular complexity index is 262. The molecular weight excluding hydrogens is 270 g/mol. The molecule has 1 atom stereocenters. The molecule has 0 aliphatic carbocycles. The fourth-order valence-corrected chi connectivity index (χ4v) is 3.00. The van der Waals surface area contributed by atoms with Crippen LogP contribution in [0.3, 0.4) is 0 Å². The standard InChI is InChI=1S/C9H13BrClNS/c1-7(11)5-12(2)6-8-3-4-9(10)13-8/h3-4,7H,5-6H2,1-2H3. The van der Waals surface area contributed by atoms with Crippen molar-refractivity contribution in [1.82, 2.24) is 4.90 Å². The molecule has 1 nitrogen and oxygen atoms in total. The Balaban J connectivity index is 2.40. The first-order chi connectivity index (χ1) is 6.08. The van der Waals surface area contributed by atoms with Crippen LogP contribution in [0, 0.1) is 0 Å². The molecule has 0 fully saturated rings. The fraction of sp³-hybridized carbons (Fsp3) is 0.556. The first-order valence-electron chi connectivity index (χ1n) is 4.14. The minimum absolute atomic E-state index is 0.216. The third-order valence-electron chi connectivity index (χ3n) is 1.62. The minimum atomic E-state index is 0.216. The van der Waals surface area contributed by atoms with Gasteiger partial charge in [0.25, 0.3) is 0 Å². The summed E-state index contributed by atoms with van der Waals surface area (Å²) >= 11 is 11.1. The summed E-state index contributed by atoms with van der Waals surface area (Å²) < 4.78 is 1.19. The molecule has 0 aromatic carbocycles. The van der Waals surface area contributed by atoms with Gasteiger partial charge in [0.1, 0.15) is 0 Å². The van der Waals surface area contributed by atoms with Crippen LogP contribution in [-0.2, 0) is 6.54 Å². The third-order valence-corrected chi connectivity index (χ3v) is 3.36. The molecular formula is C9H13BrClNS. The maximum atomic E-state index is 5.90. The van der Waals surface area contributed by atoms with Crippen molar-refractivity contribution in [3.8, 4) is 0 Å². The summed E-state index contributed by atoms with van der Waals surface area (Å²) in [5.41, 5.74) is 0. The Hall–Kier alpha value is 0.430. The first kappa shape index (κ1) is 11.5. The van der Waals surface area contributed by atoms with Gasteiger partial charge in [-0.2, -0.15) is 0 Å². The van der Waals surface area contributed by atoms with E-state index in [0.717, 1.165) is 13.1 Å². The second kappa shape index (κ2) is 5.35. The van der Waals surface area contributed by atoms with E-state index in [1.165, 1.54) is 8.66 Å². The van der Waals surface area contributed by atoms with Crippen molar-refractivity contribution in [3.63, 3.8) is 0 Å². The molecule has 1 aromatic rings. The average molecular weight is 283 g/mol. The van der Waals surface area contributed by atoms with Crippen LogP contribution >= 0.6 is 38.9 Å². The van der Waals surface area contributed by atoms with Crippen molar-refractivity contribution in [1.29, 1.82) is 0 Å². The van der Waals surface area contributed by atoms with Crippen LogP contribution in [-0.4, -0.2) is 23.9 Å². The minimum Gasteiger partial charge on any atom is -0.300 e. The fourth-order valence-electron chi connectivity index (χ4n) is 1.20. The summed E-state index contributed by atoms with van der Waals surface area (Å²) in [5.74, 6) is 0. The van der Waals surface area contributed by atoms with Crippen molar-refractivity contribution in [2.45, 2.75) is 18.8 Å². The largest absolute Gasteiger partial charge is 0.300 e. The number of hydrogen-bond donors (Lipinski definition) is 0. The summed E-state index contributed by atoms with van der Waals surface area (Å²) in [6.07, 6.45) is 0. The SMILES string of the molecule is CC(Cl)CN(C)Cc1ccc(Br)s1. The maximum Gasteiger partial charge on any atom is 0.0701 e. The van der Waals surface area contributed by atoms with Gasteiger partial charge in [0.15, 0.2) is 0 Å². The molecule has 4 heteroatoms. The lowest BCUT2D eigenvalue weighted by Gasteiger charge is -2.16. The second-order valence-electron chi connectivity index (χ2n) is 3.18. The normalized spacial score (nSPS) is 13.6. The zero-order valence-electron chi connectivity index (χ0n) is 7.76. The Morgan fingerprint density at radius 1 is 1.62 bits per heavy atom. The molecule has 0 N–H and O–H groups in total. The number of halogens is 2. The van der Waals surface area contributed by atoms with E-state index in [9.17, 15) is 0 Å². The highest BCUT2D eigenvalue weighted by atomic mass is 79.9. The van der Waals surface area contributed by atoms with Crippen LogP contribution in [0.25, 0.3) is 0 Å². The van der Waals surface area contributed by atoms with Crippen molar-refractivity contribution in [2.24, 2.45) is 0 Å². The van der Waals surface area contributed by atoms with E-state index in [4.69, 9.17) is 11.6 Å². The van der Waals surface area contributed by atoms with Gasteiger partial charge in [-0.05, 0) is 42.0 Å². The highest BCUT2D eigenvalue weighted by molar-refractivity contribution is 9.11. The molecule has 1 rings (SSSR count). The van der Waals surface area contributed by atoms with Gasteiger partial charge in [-0.3, -0.25) is 4.90 Å². The van der Waals surface area contributed by atoms with E-state index in [-0.39, 0.29) is 5.38 Å². The molecule has 0 aliphatic rings. The number of rotatable bonds is 4. The van der Waals surface area contributed by atoms with E-state index in [0.29, 0.717) is 0 Å². The molecule has 74 valence electrons. The van der Waals surface area contributed by atoms with Gasteiger partial charge >= 0.3 is 0 Å². The summed E-state index contributed by atoms with van der Waals surface area (Å²) in [6.45, 7) is 3.92. The molecule has 0 bridgehead atoms. The summed E-state index contributed by atoms with van der Waals surface area (Å²) in [5, 5.41) is 0.216. The molecule has 1 unspecified atom stereocenters. The Morgan fingerprint density at radius 3 is 2.77 bits per heavy atom. The van der Waals surface area contributed by atoms with E-state index in [1.807, 2.05) is 6.92 Å². The molecule has 1 heterocycles. The van der Waals surface area contributed by atoms with Crippen molar-refractivity contribution < 1.29 is 0 Å². The Labute approximate surface area is 96.8 Å². The summed E-state index contributed by atoms with van der Waals surface area (Å²) in [7, 11) is 2.09. The molecule has 0 spiro atoms. The lowest BCUT2D eigenvalue weighted by Crippen LogP contribution is -2.23. The zero-order valence-corrected chi connectivity index (χ0v) is 10.9. The van der Waals surface area contributed by atoms with Gasteiger partial charge in [-0.15, -0.1) is 22.9 Å². The van der Waals surface area contributed by atoms with Gasteiger partial charge in [0.2, 0.25) is 0 Å². The number of alkyl halides is 1. The van der Waals surface area contributed by atoms with Crippen LogP contribution in [0.1, 0.15) is 11.8 Å². The van der Waals surface area contributed by atoms with E-state index >= 15 is 0 Å². The van der Waals surface area contributed by atoms with Gasteiger partial charge in [-0.25, -0.2) is 0 Å². The van der Waals surface area contributed by atoms with Crippen molar-refractivity contribution in [3.05, 3.63) is 20.8 Å². The van der Waals surface area contributed by atoms with Crippen LogP contribution in [0.4, 0.5) is 0 Å². The van der Waals surface area contributed by atoms with Crippen LogP contribution < -0.4 is 0 Å². The van der Waals surface area contributed by atoms with Crippen LogP contribution in [0.15, 0.2) is 15.9 Å². The molecule has 0 aliphatic heterocycles. The van der Waals surface area contributed by atoms with E-state index < -0.39 is 0 Å². The molecule has 0 saturated carbocycles. The second-order valence-corrected chi connectivity index (χ2v) is 6.48. The monoisotopic (exact) mass is 281 g/mol. The molecule has 0 amide bonds. The predicted octanol–water partition coefficient (Wildman–Crippen LogP) is 3.57. The summed E-state index contributed by atoms with van der Waals surface area (Å²) in [6, 6.07) is 4.22. The summed E-state index contributed by atoms with van der Waals surface area (Å²) in [4.78, 5) is 3.60. The van der Waals surface area contributed by atoms with Crippen LogP contribution in [0.2, 0.25) is 0 Å². The van der Waals surface area contributed by atoms with Gasteiger partial charge < -0.3 is 0 Å². The Kier molecular flexibility index (Phi) is 4.73. The number of hydrogen-bond acceptors (Lipinski definition) is 2. The van der Waals surface area contributed by atoms with Crippen molar-refractivity contribution >= 4 is 38.9 Å². The van der Waals surface area contributed by atoms with Crippen LogP contribution in [0.5, 0.6) is 0 Å². The number of nitrogens with zero attached hydrogens (tertiary/aromatic N) is 1. The Morgan fingerprint density at radius 2 is 2.31 bits per heavy atom. The molecule has 13 heavy (non-hydrogen) atoms. The van der Waals surface area contributed by atoms with Gasteiger partial charge in [0.05, 0.1) is 3.79 Å². The topological polar surface area (TPSA) is 3.24 Å². The first-order valence-corrected chi connectivity index (χ1v) is 6.19. The quantitative estimate of drug-likeness (QED) is 0.763. The predicted molar refractivity (Wildman–Crippen MR) is 63.7 cm³/mol. The number of thiophene rings is 1. The smallest absolute Gasteiger partial charge is 0.0701 e. The zero-order chi connectivity index (χ0) is 9.84. The van der Waals surface area contributed by atoms with Gasteiger partial charge in [-0.1, -0.05) is 0 Å². The lowest BCUT2D eigenvalue weighted by molar-refractivity contribution is 0.333. The maximum absolute atomic E-state index is 5.90. The van der Waals surface area contributed by atoms with E-state index in [2.05, 4.69) is 40.0 Å². The lowest BCUT2D eigenvalue weighted by atomic mass is 10.4. The van der Waals surface area contributed by atoms with Gasteiger partial charge in [0, 0.05) is 23.3 Å². The molecule has 0 saturated heterocycles. The highest BCUT2D eigenvalue weighted by Gasteiger charge is 2.05. The average Bonchev–Trinajstić information content (AvgIpc) is 2.33.